The number of aromatic nitrogens is 2. The third-order valence-electron chi connectivity index (χ3n) is 6.58. The number of hydrogen-bond acceptors (Lipinski definition) is 5. The van der Waals surface area contributed by atoms with Crippen molar-refractivity contribution in [2.45, 2.75) is 0 Å². The van der Waals surface area contributed by atoms with Crippen molar-refractivity contribution in [1.29, 1.82) is 0 Å². The molecule has 0 amide bonds. The van der Waals surface area contributed by atoms with Gasteiger partial charge in [-0.2, -0.15) is 0 Å². The van der Waals surface area contributed by atoms with Gasteiger partial charge in [0, 0.05) is 39.4 Å². The molecular formula is C30H16N2O3. The molecule has 0 radical (unpaired) electrons. The zero-order chi connectivity index (χ0) is 22.9. The Kier molecular flexibility index (Phi) is 3.60. The molecule has 0 bridgehead atoms. The maximum atomic E-state index is 6.23. The summed E-state index contributed by atoms with van der Waals surface area (Å²) in [5.74, 6) is 0.468. The molecule has 4 aromatic carbocycles. The van der Waals surface area contributed by atoms with E-state index in [2.05, 4.69) is 29.2 Å². The van der Waals surface area contributed by atoms with E-state index in [1.807, 2.05) is 66.7 Å². The lowest BCUT2D eigenvalue weighted by Gasteiger charge is -2.04. The molecule has 0 aliphatic heterocycles. The van der Waals surface area contributed by atoms with Crippen molar-refractivity contribution in [2.75, 3.05) is 0 Å². The van der Waals surface area contributed by atoms with E-state index < -0.39 is 0 Å². The zero-order valence-corrected chi connectivity index (χ0v) is 18.4. The number of furan rings is 2. The van der Waals surface area contributed by atoms with Crippen molar-refractivity contribution < 1.29 is 13.3 Å². The summed E-state index contributed by atoms with van der Waals surface area (Å²) in [4.78, 5) is 9.27. The van der Waals surface area contributed by atoms with Gasteiger partial charge in [0.1, 0.15) is 33.5 Å². The molecule has 0 saturated heterocycles. The lowest BCUT2D eigenvalue weighted by Crippen LogP contribution is -1.86. The summed E-state index contributed by atoms with van der Waals surface area (Å²) >= 11 is 0. The number of rotatable bonds is 2. The average Bonchev–Trinajstić information content (AvgIpc) is 3.60. The van der Waals surface area contributed by atoms with Crippen molar-refractivity contribution in [1.82, 2.24) is 9.97 Å². The fourth-order valence-corrected chi connectivity index (χ4v) is 4.95. The number of benzene rings is 4. The van der Waals surface area contributed by atoms with Gasteiger partial charge >= 0.3 is 0 Å². The Bertz CT molecular complexity index is 2080. The summed E-state index contributed by atoms with van der Waals surface area (Å²) in [5, 5.41) is 4.26. The zero-order valence-electron chi connectivity index (χ0n) is 18.4. The summed E-state index contributed by atoms with van der Waals surface area (Å²) < 4.78 is 18.4. The van der Waals surface area contributed by atoms with Gasteiger partial charge in [-0.25, -0.2) is 4.98 Å². The number of fused-ring (bicyclic) bond motifs is 7. The molecule has 8 aromatic rings. The molecule has 0 fully saturated rings. The minimum absolute atomic E-state index is 0.468. The molecule has 4 heterocycles. The van der Waals surface area contributed by atoms with E-state index >= 15 is 0 Å². The van der Waals surface area contributed by atoms with Gasteiger partial charge in [-0.3, -0.25) is 4.98 Å². The maximum Gasteiger partial charge on any atom is 0.246 e. The van der Waals surface area contributed by atoms with Crippen LogP contribution in [0.4, 0.5) is 0 Å². The summed E-state index contributed by atoms with van der Waals surface area (Å²) in [6.45, 7) is 0. The van der Waals surface area contributed by atoms with Gasteiger partial charge in [-0.1, -0.05) is 54.6 Å². The lowest BCUT2D eigenvalue weighted by molar-refractivity contribution is 0.617. The lowest BCUT2D eigenvalue weighted by atomic mass is 10.0. The number of para-hydroxylation sites is 3. The van der Waals surface area contributed by atoms with Crippen LogP contribution in [0, 0.1) is 0 Å². The van der Waals surface area contributed by atoms with E-state index in [1.54, 1.807) is 6.20 Å². The van der Waals surface area contributed by atoms with Gasteiger partial charge in [0.05, 0.1) is 0 Å². The first-order chi connectivity index (χ1) is 17.3. The molecule has 0 atom stereocenters. The fourth-order valence-electron chi connectivity index (χ4n) is 4.95. The van der Waals surface area contributed by atoms with Crippen molar-refractivity contribution >= 4 is 55.0 Å². The average molecular weight is 452 g/mol. The highest BCUT2D eigenvalue weighted by molar-refractivity contribution is 6.10. The Hall–Kier alpha value is -4.90. The number of pyridine rings is 1. The van der Waals surface area contributed by atoms with Gasteiger partial charge in [0.15, 0.2) is 5.58 Å². The smallest absolute Gasteiger partial charge is 0.246 e. The Labute approximate surface area is 198 Å². The van der Waals surface area contributed by atoms with Crippen LogP contribution in [0.5, 0.6) is 0 Å². The van der Waals surface area contributed by atoms with Crippen LogP contribution < -0.4 is 0 Å². The van der Waals surface area contributed by atoms with Crippen LogP contribution in [0.2, 0.25) is 0 Å². The highest BCUT2D eigenvalue weighted by atomic mass is 16.4. The summed E-state index contributed by atoms with van der Waals surface area (Å²) in [6.07, 6.45) is 1.78. The quantitative estimate of drug-likeness (QED) is 0.264. The molecule has 35 heavy (non-hydrogen) atoms. The van der Waals surface area contributed by atoms with E-state index in [4.69, 9.17) is 18.2 Å². The van der Waals surface area contributed by atoms with Crippen molar-refractivity contribution in [3.05, 3.63) is 97.2 Å². The number of oxazole rings is 1. The standard InChI is InChI=1S/C30H16N2O3/c1-4-11-26-19(6-1)21-9-5-8-18(29(21)34-26)17-12-13-31-24(14-17)30-32-23-16-27-22(15-28(23)35-30)20-7-2-3-10-25(20)33-27/h1-16H. The molecule has 0 spiro atoms. The highest BCUT2D eigenvalue weighted by Gasteiger charge is 2.16. The van der Waals surface area contributed by atoms with E-state index in [0.717, 1.165) is 60.5 Å². The van der Waals surface area contributed by atoms with Gasteiger partial charge < -0.3 is 13.3 Å². The van der Waals surface area contributed by atoms with E-state index in [-0.39, 0.29) is 0 Å². The minimum atomic E-state index is 0.468. The Morgan fingerprint density at radius 3 is 2.20 bits per heavy atom. The van der Waals surface area contributed by atoms with Gasteiger partial charge in [0.2, 0.25) is 5.89 Å². The second kappa shape index (κ2) is 6.81. The number of nitrogens with zero attached hydrogens (tertiary/aromatic N) is 2. The van der Waals surface area contributed by atoms with E-state index in [0.29, 0.717) is 17.2 Å². The molecule has 8 rings (SSSR count). The largest absolute Gasteiger partial charge is 0.456 e. The Balaban J connectivity index is 1.28. The molecular weight excluding hydrogens is 436 g/mol. The molecule has 5 nitrogen and oxygen atoms in total. The van der Waals surface area contributed by atoms with Crippen LogP contribution in [-0.4, -0.2) is 9.97 Å². The van der Waals surface area contributed by atoms with Crippen LogP contribution in [0.1, 0.15) is 0 Å². The van der Waals surface area contributed by atoms with Gasteiger partial charge in [-0.05, 0) is 35.9 Å². The summed E-state index contributed by atoms with van der Waals surface area (Å²) in [6, 6.07) is 30.2. The molecule has 0 aliphatic rings. The first kappa shape index (κ1) is 18.5. The second-order valence-corrected chi connectivity index (χ2v) is 8.64. The summed E-state index contributed by atoms with van der Waals surface area (Å²) in [7, 11) is 0. The second-order valence-electron chi connectivity index (χ2n) is 8.64. The van der Waals surface area contributed by atoms with Crippen molar-refractivity contribution in [3.63, 3.8) is 0 Å². The molecule has 0 N–H and O–H groups in total. The molecule has 4 aromatic heterocycles. The molecule has 0 saturated carbocycles. The normalized spacial score (nSPS) is 12.0. The van der Waals surface area contributed by atoms with Crippen molar-refractivity contribution in [2.24, 2.45) is 0 Å². The predicted octanol–water partition coefficient (Wildman–Crippen LogP) is 8.36. The Morgan fingerprint density at radius 1 is 0.543 bits per heavy atom. The molecule has 0 aliphatic carbocycles. The first-order valence-corrected chi connectivity index (χ1v) is 11.4. The Morgan fingerprint density at radius 2 is 1.31 bits per heavy atom. The predicted molar refractivity (Wildman–Crippen MR) is 137 cm³/mol. The maximum absolute atomic E-state index is 6.23. The van der Waals surface area contributed by atoms with Crippen LogP contribution in [-0.2, 0) is 0 Å². The third kappa shape index (κ3) is 2.69. The van der Waals surface area contributed by atoms with Gasteiger partial charge in [-0.15, -0.1) is 0 Å². The third-order valence-corrected chi connectivity index (χ3v) is 6.58. The first-order valence-electron chi connectivity index (χ1n) is 11.4. The van der Waals surface area contributed by atoms with Gasteiger partial charge in [0.25, 0.3) is 0 Å². The minimum Gasteiger partial charge on any atom is -0.456 e. The van der Waals surface area contributed by atoms with Crippen LogP contribution in [0.3, 0.4) is 0 Å². The molecule has 5 heteroatoms. The van der Waals surface area contributed by atoms with Crippen molar-refractivity contribution in [3.8, 4) is 22.7 Å². The topological polar surface area (TPSA) is 65.2 Å². The van der Waals surface area contributed by atoms with Crippen LogP contribution in [0.25, 0.3) is 77.7 Å². The number of hydrogen-bond donors (Lipinski definition) is 0. The molecule has 0 unspecified atom stereocenters. The van der Waals surface area contributed by atoms with E-state index in [9.17, 15) is 0 Å². The monoisotopic (exact) mass is 452 g/mol. The SMILES string of the molecule is c1ccc2c(c1)oc1cc3nc(-c4cc(-c5cccc6c5oc5ccccc56)ccn4)oc3cc12. The van der Waals surface area contributed by atoms with E-state index in [1.165, 1.54) is 0 Å². The fraction of sp³-hybridized carbons (Fsp3) is 0. The highest BCUT2D eigenvalue weighted by Crippen LogP contribution is 2.37. The van der Waals surface area contributed by atoms with Crippen LogP contribution >= 0.6 is 0 Å². The molecule has 164 valence electrons. The van der Waals surface area contributed by atoms with Crippen LogP contribution in [0.15, 0.2) is 110 Å². The summed E-state index contributed by atoms with van der Waals surface area (Å²) in [5.41, 5.74) is 7.46.